The quantitative estimate of drug-likeness (QED) is 0.727. The normalized spacial score (nSPS) is 20.3. The van der Waals surface area contributed by atoms with Crippen molar-refractivity contribution >= 4 is 12.0 Å². The lowest BCUT2D eigenvalue weighted by Crippen LogP contribution is -2.49. The molecule has 0 bridgehead atoms. The van der Waals surface area contributed by atoms with E-state index in [1.165, 1.54) is 6.33 Å². The van der Waals surface area contributed by atoms with E-state index in [2.05, 4.69) is 26.8 Å². The summed E-state index contributed by atoms with van der Waals surface area (Å²) in [5.74, 6) is 0.203. The summed E-state index contributed by atoms with van der Waals surface area (Å²) in [5, 5.41) is 9.74. The largest absolute Gasteiger partial charge is 0.472 e. The van der Waals surface area contributed by atoms with E-state index in [0.29, 0.717) is 31.1 Å². The fourth-order valence-electron chi connectivity index (χ4n) is 3.71. The second-order valence-corrected chi connectivity index (χ2v) is 8.19. The molecule has 31 heavy (non-hydrogen) atoms. The molecule has 1 amide bonds. The Morgan fingerprint density at radius 1 is 1.35 bits per heavy atom. The summed E-state index contributed by atoms with van der Waals surface area (Å²) in [4.78, 5) is 29.8. The van der Waals surface area contributed by atoms with Crippen molar-refractivity contribution in [1.82, 2.24) is 24.8 Å². The number of carbonyl (C=O) groups excluding carboxylic acids is 1. The third kappa shape index (κ3) is 5.65. The fraction of sp³-hybridized carbons (Fsp3) is 0.478. The van der Waals surface area contributed by atoms with Crippen molar-refractivity contribution in [2.75, 3.05) is 26.7 Å². The second-order valence-electron chi connectivity index (χ2n) is 8.19. The van der Waals surface area contributed by atoms with Gasteiger partial charge in [0.05, 0.1) is 12.6 Å². The van der Waals surface area contributed by atoms with Gasteiger partial charge in [0, 0.05) is 49.7 Å². The van der Waals surface area contributed by atoms with Gasteiger partial charge in [0.15, 0.2) is 0 Å². The minimum Gasteiger partial charge on any atom is -0.472 e. The predicted octanol–water partition coefficient (Wildman–Crippen LogP) is 2.26. The van der Waals surface area contributed by atoms with Crippen molar-refractivity contribution in [1.29, 1.82) is 0 Å². The van der Waals surface area contributed by atoms with Crippen LogP contribution in [0.2, 0.25) is 0 Å². The zero-order valence-electron chi connectivity index (χ0n) is 18.6. The first-order chi connectivity index (χ1) is 14.9. The number of fused-ring (bicyclic) bond motifs is 1. The molecule has 166 valence electrons. The second kappa shape index (κ2) is 10.5. The highest BCUT2D eigenvalue weighted by Crippen LogP contribution is 2.27. The van der Waals surface area contributed by atoms with Crippen LogP contribution in [0.1, 0.15) is 42.3 Å². The van der Waals surface area contributed by atoms with Gasteiger partial charge in [-0.1, -0.05) is 19.1 Å². The van der Waals surface area contributed by atoms with Crippen LogP contribution in [0.4, 0.5) is 0 Å². The molecule has 0 saturated heterocycles. The number of hydrogen-bond acceptors (Lipinski definition) is 7. The number of carbonyl (C=O) groups is 1. The molecule has 3 rings (SSSR count). The van der Waals surface area contributed by atoms with Crippen LogP contribution in [-0.2, 0) is 6.54 Å². The van der Waals surface area contributed by atoms with E-state index in [-0.39, 0.29) is 30.6 Å². The Morgan fingerprint density at radius 3 is 2.77 bits per heavy atom. The molecule has 0 aromatic carbocycles. The molecule has 3 atom stereocenters. The maximum Gasteiger partial charge on any atom is 0.259 e. The van der Waals surface area contributed by atoms with Crippen LogP contribution in [0.15, 0.2) is 37.1 Å². The van der Waals surface area contributed by atoms with Gasteiger partial charge in [-0.3, -0.25) is 9.69 Å². The average Bonchev–Trinajstić information content (AvgIpc) is 2.77. The Kier molecular flexibility index (Phi) is 7.70. The van der Waals surface area contributed by atoms with Gasteiger partial charge in [-0.25, -0.2) is 15.0 Å². The van der Waals surface area contributed by atoms with E-state index in [1.54, 1.807) is 29.6 Å². The molecule has 1 aliphatic heterocycles. The van der Waals surface area contributed by atoms with Crippen molar-refractivity contribution in [2.45, 2.75) is 39.5 Å². The van der Waals surface area contributed by atoms with Gasteiger partial charge in [-0.05, 0) is 32.5 Å². The van der Waals surface area contributed by atoms with Crippen LogP contribution in [0.5, 0.6) is 5.88 Å². The number of ether oxygens (including phenoxy) is 1. The Bertz CT molecular complexity index is 905. The van der Waals surface area contributed by atoms with Crippen molar-refractivity contribution in [3.05, 3.63) is 53.8 Å². The van der Waals surface area contributed by atoms with E-state index in [4.69, 9.17) is 4.74 Å². The minimum absolute atomic E-state index is 0.0394. The van der Waals surface area contributed by atoms with Gasteiger partial charge >= 0.3 is 0 Å². The predicted molar refractivity (Wildman–Crippen MR) is 118 cm³/mol. The first-order valence-corrected chi connectivity index (χ1v) is 10.6. The molecule has 2 aromatic heterocycles. The van der Waals surface area contributed by atoms with Gasteiger partial charge in [0.25, 0.3) is 5.91 Å². The van der Waals surface area contributed by atoms with Gasteiger partial charge in [0.2, 0.25) is 5.88 Å². The fourth-order valence-corrected chi connectivity index (χ4v) is 3.71. The van der Waals surface area contributed by atoms with Crippen molar-refractivity contribution < 1.29 is 14.6 Å². The monoisotopic (exact) mass is 425 g/mol. The lowest BCUT2D eigenvalue weighted by Gasteiger charge is -2.37. The number of amides is 1. The SMILES string of the molecule is C/C=C/c1cnc2c(c1)C(=O)N([C@H](C)CO)C[C@H](C)[C@@H](CN(C)Cc1cncnc1)O2. The summed E-state index contributed by atoms with van der Waals surface area (Å²) < 4.78 is 6.30. The number of rotatable bonds is 7. The summed E-state index contributed by atoms with van der Waals surface area (Å²) >= 11 is 0. The molecule has 0 spiro atoms. The highest BCUT2D eigenvalue weighted by Gasteiger charge is 2.34. The zero-order chi connectivity index (χ0) is 22.4. The highest BCUT2D eigenvalue weighted by molar-refractivity contribution is 5.97. The van der Waals surface area contributed by atoms with Crippen LogP contribution in [-0.4, -0.2) is 74.7 Å². The van der Waals surface area contributed by atoms with E-state index in [0.717, 1.165) is 11.1 Å². The summed E-state index contributed by atoms with van der Waals surface area (Å²) in [7, 11) is 2.02. The van der Waals surface area contributed by atoms with Gasteiger partial charge in [-0.2, -0.15) is 0 Å². The number of pyridine rings is 1. The smallest absolute Gasteiger partial charge is 0.259 e. The van der Waals surface area contributed by atoms with Crippen LogP contribution in [0, 0.1) is 5.92 Å². The molecule has 8 nitrogen and oxygen atoms in total. The Balaban J connectivity index is 1.89. The molecular formula is C23H31N5O3. The molecule has 0 unspecified atom stereocenters. The van der Waals surface area contributed by atoms with Crippen molar-refractivity contribution in [3.8, 4) is 5.88 Å². The molecule has 1 N–H and O–H groups in total. The van der Waals surface area contributed by atoms with Gasteiger partial charge in [-0.15, -0.1) is 0 Å². The van der Waals surface area contributed by atoms with E-state index in [1.807, 2.05) is 33.0 Å². The Labute approximate surface area is 183 Å². The maximum absolute atomic E-state index is 13.3. The number of allylic oxidation sites excluding steroid dienone is 1. The number of aliphatic hydroxyl groups is 1. The van der Waals surface area contributed by atoms with Crippen LogP contribution in [0.3, 0.4) is 0 Å². The summed E-state index contributed by atoms with van der Waals surface area (Å²) in [6, 6.07) is 1.51. The van der Waals surface area contributed by atoms with Gasteiger partial charge < -0.3 is 14.7 Å². The summed E-state index contributed by atoms with van der Waals surface area (Å²) in [6.07, 6.45) is 10.4. The first kappa shape index (κ1) is 22.8. The molecular weight excluding hydrogens is 394 g/mol. The third-order valence-electron chi connectivity index (χ3n) is 5.46. The molecule has 3 heterocycles. The molecule has 0 fully saturated rings. The third-order valence-corrected chi connectivity index (χ3v) is 5.46. The summed E-state index contributed by atoms with van der Waals surface area (Å²) in [6.45, 7) is 7.55. The number of nitrogens with zero attached hydrogens (tertiary/aromatic N) is 5. The highest BCUT2D eigenvalue weighted by atomic mass is 16.5. The van der Waals surface area contributed by atoms with Gasteiger partial charge in [0.1, 0.15) is 18.0 Å². The zero-order valence-corrected chi connectivity index (χ0v) is 18.6. The van der Waals surface area contributed by atoms with Crippen LogP contribution >= 0.6 is 0 Å². The molecule has 0 aliphatic carbocycles. The van der Waals surface area contributed by atoms with E-state index >= 15 is 0 Å². The number of aromatic nitrogens is 3. The number of hydrogen-bond donors (Lipinski definition) is 1. The Hall–Kier alpha value is -2.84. The number of aliphatic hydroxyl groups excluding tert-OH is 1. The van der Waals surface area contributed by atoms with Crippen molar-refractivity contribution in [3.63, 3.8) is 0 Å². The topological polar surface area (TPSA) is 91.7 Å². The van der Waals surface area contributed by atoms with E-state index in [9.17, 15) is 9.90 Å². The van der Waals surface area contributed by atoms with E-state index < -0.39 is 0 Å². The lowest BCUT2D eigenvalue weighted by atomic mass is 9.99. The lowest BCUT2D eigenvalue weighted by molar-refractivity contribution is 0.0325. The molecule has 2 aromatic rings. The molecule has 1 aliphatic rings. The minimum atomic E-state index is -0.300. The standard InChI is InChI=1S/C23H31N5O3/c1-5-6-18-7-20-22(26-10-18)31-21(13-27(4)12-19-8-24-15-25-9-19)16(2)11-28(23(20)30)17(3)14-29/h5-10,15-17,21,29H,11-14H2,1-4H3/b6-5+/t16-,17+,21+/m0/s1. The first-order valence-electron chi connectivity index (χ1n) is 10.6. The molecule has 0 saturated carbocycles. The van der Waals surface area contributed by atoms with Crippen LogP contribution in [0.25, 0.3) is 6.08 Å². The number of likely N-dealkylation sites (N-methyl/N-ethyl adjacent to an activating group) is 1. The van der Waals surface area contributed by atoms with Crippen molar-refractivity contribution in [2.24, 2.45) is 5.92 Å². The van der Waals surface area contributed by atoms with Crippen LogP contribution < -0.4 is 4.74 Å². The average molecular weight is 426 g/mol. The molecule has 8 heteroatoms. The summed E-state index contributed by atoms with van der Waals surface area (Å²) in [5.41, 5.74) is 2.27. The molecule has 0 radical (unpaired) electrons. The maximum atomic E-state index is 13.3. The Morgan fingerprint density at radius 2 is 2.10 bits per heavy atom.